The summed E-state index contributed by atoms with van der Waals surface area (Å²) in [6.45, 7) is 7.10. The van der Waals surface area contributed by atoms with E-state index in [9.17, 15) is 0 Å². The van der Waals surface area contributed by atoms with Crippen LogP contribution in [0.2, 0.25) is 5.02 Å². The first kappa shape index (κ1) is 11.4. The van der Waals surface area contributed by atoms with Gasteiger partial charge in [-0.2, -0.15) is 0 Å². The van der Waals surface area contributed by atoms with Gasteiger partial charge in [-0.1, -0.05) is 38.4 Å². The fourth-order valence-corrected chi connectivity index (χ4v) is 1.45. The number of hydrogen-bond donors (Lipinski definition) is 0. The highest BCUT2D eigenvalue weighted by molar-refractivity contribution is 6.32. The highest BCUT2D eigenvalue weighted by atomic mass is 35.5. The lowest BCUT2D eigenvalue weighted by molar-refractivity contribution is 0.317. The highest BCUT2D eigenvalue weighted by Gasteiger charge is 2.04. The molecule has 0 N–H and O–H groups in total. The van der Waals surface area contributed by atoms with E-state index in [1.807, 2.05) is 12.1 Å². The van der Waals surface area contributed by atoms with Crippen LogP contribution in [0, 0.1) is 0 Å². The fraction of sp³-hybridized carbons (Fsp3) is 0.500. The Morgan fingerprint density at radius 2 is 2.07 bits per heavy atom. The molecule has 1 aromatic rings. The molecular formula is C12H17ClO. The summed E-state index contributed by atoms with van der Waals surface area (Å²) in [5.41, 5.74) is 1.25. The second-order valence-corrected chi connectivity index (χ2v) is 4.10. The van der Waals surface area contributed by atoms with E-state index in [-0.39, 0.29) is 0 Å². The van der Waals surface area contributed by atoms with Gasteiger partial charge in [0.2, 0.25) is 0 Å². The summed E-state index contributed by atoms with van der Waals surface area (Å²) in [4.78, 5) is 0. The molecule has 0 aliphatic rings. The van der Waals surface area contributed by atoms with Crippen LogP contribution in [-0.4, -0.2) is 6.61 Å². The normalized spacial score (nSPS) is 10.6. The standard InChI is InChI=1S/C12H17ClO/c1-4-7-14-12-6-5-10(9(2)3)8-11(12)13/h5-6,8-9H,4,7H2,1-3H3. The molecule has 1 nitrogen and oxygen atoms in total. The van der Waals surface area contributed by atoms with Crippen molar-refractivity contribution in [3.8, 4) is 5.75 Å². The van der Waals surface area contributed by atoms with Crippen LogP contribution >= 0.6 is 11.6 Å². The van der Waals surface area contributed by atoms with Crippen LogP contribution < -0.4 is 4.74 Å². The lowest BCUT2D eigenvalue weighted by Gasteiger charge is -2.10. The van der Waals surface area contributed by atoms with Gasteiger partial charge in [0, 0.05) is 0 Å². The molecule has 0 atom stereocenters. The van der Waals surface area contributed by atoms with Crippen LogP contribution in [0.1, 0.15) is 38.7 Å². The molecule has 0 fully saturated rings. The van der Waals surface area contributed by atoms with Crippen molar-refractivity contribution < 1.29 is 4.74 Å². The van der Waals surface area contributed by atoms with Crippen LogP contribution in [0.3, 0.4) is 0 Å². The average molecular weight is 213 g/mol. The first-order valence-corrected chi connectivity index (χ1v) is 5.45. The molecule has 0 aliphatic heterocycles. The van der Waals surface area contributed by atoms with Crippen molar-refractivity contribution in [2.24, 2.45) is 0 Å². The molecule has 0 aliphatic carbocycles. The van der Waals surface area contributed by atoms with E-state index in [1.165, 1.54) is 5.56 Å². The summed E-state index contributed by atoms with van der Waals surface area (Å²) in [6.07, 6.45) is 1.00. The third-order valence-electron chi connectivity index (χ3n) is 2.08. The molecule has 1 aromatic carbocycles. The Bertz CT molecular complexity index is 294. The fourth-order valence-electron chi connectivity index (χ4n) is 1.21. The van der Waals surface area contributed by atoms with Crippen LogP contribution in [0.5, 0.6) is 5.75 Å². The van der Waals surface area contributed by atoms with Crippen molar-refractivity contribution in [1.29, 1.82) is 0 Å². The van der Waals surface area contributed by atoms with Gasteiger partial charge in [-0.15, -0.1) is 0 Å². The number of ether oxygens (including phenoxy) is 1. The van der Waals surface area contributed by atoms with Crippen LogP contribution in [0.4, 0.5) is 0 Å². The molecule has 0 aromatic heterocycles. The second-order valence-electron chi connectivity index (χ2n) is 3.69. The highest BCUT2D eigenvalue weighted by Crippen LogP contribution is 2.28. The summed E-state index contributed by atoms with van der Waals surface area (Å²) in [6, 6.07) is 6.01. The van der Waals surface area contributed by atoms with Crippen LogP contribution in [-0.2, 0) is 0 Å². The SMILES string of the molecule is CCCOc1ccc(C(C)C)cc1Cl. The maximum absolute atomic E-state index is 6.08. The Balaban J connectivity index is 2.79. The number of halogens is 1. The quantitative estimate of drug-likeness (QED) is 0.725. The predicted octanol–water partition coefficient (Wildman–Crippen LogP) is 4.25. The second kappa shape index (κ2) is 5.26. The summed E-state index contributed by atoms with van der Waals surface area (Å²) >= 11 is 6.08. The zero-order chi connectivity index (χ0) is 10.6. The smallest absolute Gasteiger partial charge is 0.137 e. The first-order chi connectivity index (χ1) is 6.65. The monoisotopic (exact) mass is 212 g/mol. The molecular weight excluding hydrogens is 196 g/mol. The van der Waals surface area contributed by atoms with Gasteiger partial charge < -0.3 is 4.74 Å². The number of rotatable bonds is 4. The molecule has 0 bridgehead atoms. The van der Waals surface area contributed by atoms with E-state index in [0.29, 0.717) is 10.9 Å². The first-order valence-electron chi connectivity index (χ1n) is 5.07. The van der Waals surface area contributed by atoms with Crippen molar-refractivity contribution in [2.75, 3.05) is 6.61 Å². The molecule has 2 heteroatoms. The Hall–Kier alpha value is -0.690. The molecule has 0 saturated heterocycles. The molecule has 0 unspecified atom stereocenters. The van der Waals surface area contributed by atoms with Crippen molar-refractivity contribution in [3.63, 3.8) is 0 Å². The minimum absolute atomic E-state index is 0.507. The Kier molecular flexibility index (Phi) is 4.27. The molecule has 0 spiro atoms. The zero-order valence-electron chi connectivity index (χ0n) is 9.01. The van der Waals surface area contributed by atoms with Crippen molar-refractivity contribution in [3.05, 3.63) is 28.8 Å². The summed E-state index contributed by atoms with van der Waals surface area (Å²) < 4.78 is 5.49. The third-order valence-corrected chi connectivity index (χ3v) is 2.38. The molecule has 14 heavy (non-hydrogen) atoms. The molecule has 0 heterocycles. The minimum Gasteiger partial charge on any atom is -0.492 e. The maximum Gasteiger partial charge on any atom is 0.137 e. The lowest BCUT2D eigenvalue weighted by Crippen LogP contribution is -1.96. The van der Waals surface area contributed by atoms with Crippen LogP contribution in [0.25, 0.3) is 0 Å². The number of benzene rings is 1. The Morgan fingerprint density at radius 3 is 2.57 bits per heavy atom. The van der Waals surface area contributed by atoms with Crippen molar-refractivity contribution in [2.45, 2.75) is 33.1 Å². The topological polar surface area (TPSA) is 9.23 Å². The molecule has 78 valence electrons. The van der Waals surface area contributed by atoms with Gasteiger partial charge in [0.05, 0.1) is 11.6 Å². The van der Waals surface area contributed by atoms with E-state index in [0.717, 1.165) is 18.8 Å². The Morgan fingerprint density at radius 1 is 1.36 bits per heavy atom. The van der Waals surface area contributed by atoms with E-state index >= 15 is 0 Å². The van der Waals surface area contributed by atoms with Gasteiger partial charge in [-0.05, 0) is 30.0 Å². The third kappa shape index (κ3) is 2.91. The molecule has 0 saturated carbocycles. The van der Waals surface area contributed by atoms with Gasteiger partial charge in [0.1, 0.15) is 5.75 Å². The predicted molar refractivity (Wildman–Crippen MR) is 61.3 cm³/mol. The van der Waals surface area contributed by atoms with Crippen molar-refractivity contribution >= 4 is 11.6 Å². The minimum atomic E-state index is 0.507. The van der Waals surface area contributed by atoms with E-state index < -0.39 is 0 Å². The maximum atomic E-state index is 6.08. The van der Waals surface area contributed by atoms with Gasteiger partial charge in [-0.3, -0.25) is 0 Å². The largest absolute Gasteiger partial charge is 0.492 e. The summed E-state index contributed by atoms with van der Waals surface area (Å²) in [5.74, 6) is 1.30. The van der Waals surface area contributed by atoms with E-state index in [4.69, 9.17) is 16.3 Å². The van der Waals surface area contributed by atoms with Crippen molar-refractivity contribution in [1.82, 2.24) is 0 Å². The molecule has 0 amide bonds. The Labute approximate surface area is 91.0 Å². The molecule has 0 radical (unpaired) electrons. The van der Waals surface area contributed by atoms with Gasteiger partial charge in [0.15, 0.2) is 0 Å². The van der Waals surface area contributed by atoms with Gasteiger partial charge in [0.25, 0.3) is 0 Å². The average Bonchev–Trinajstić information content (AvgIpc) is 2.15. The molecule has 1 rings (SSSR count). The lowest BCUT2D eigenvalue weighted by atomic mass is 10.0. The van der Waals surface area contributed by atoms with E-state index in [2.05, 4.69) is 26.8 Å². The van der Waals surface area contributed by atoms with E-state index in [1.54, 1.807) is 0 Å². The van der Waals surface area contributed by atoms with Gasteiger partial charge >= 0.3 is 0 Å². The number of hydrogen-bond acceptors (Lipinski definition) is 1. The van der Waals surface area contributed by atoms with Crippen LogP contribution in [0.15, 0.2) is 18.2 Å². The zero-order valence-corrected chi connectivity index (χ0v) is 9.77. The summed E-state index contributed by atoms with van der Waals surface area (Å²) in [5, 5.41) is 0.713. The summed E-state index contributed by atoms with van der Waals surface area (Å²) in [7, 11) is 0. The van der Waals surface area contributed by atoms with Gasteiger partial charge in [-0.25, -0.2) is 0 Å².